The van der Waals surface area contributed by atoms with Crippen molar-refractivity contribution in [1.82, 2.24) is 14.5 Å². The standard InChI is InChI=1S/C17H17FN4O4/c18-9-3-1-8(2-4-9)11(23)14-12(24)13(25)17(26-14)22-6-5-10-15(19)20-7-21-16(10)22/h1-7,11-14,17,23-25H,(H2,19,20,21)/t11-,12+,13-,14-,17-/m1/s1. The number of benzene rings is 1. The first-order valence-electron chi connectivity index (χ1n) is 7.99. The van der Waals surface area contributed by atoms with Crippen molar-refractivity contribution in [2.24, 2.45) is 0 Å². The van der Waals surface area contributed by atoms with Crippen LogP contribution in [0, 0.1) is 5.82 Å². The van der Waals surface area contributed by atoms with Crippen LogP contribution in [0.2, 0.25) is 0 Å². The second kappa shape index (κ2) is 6.29. The maximum atomic E-state index is 13.1. The molecule has 0 saturated carbocycles. The van der Waals surface area contributed by atoms with Gasteiger partial charge in [-0.25, -0.2) is 14.4 Å². The lowest BCUT2D eigenvalue weighted by Gasteiger charge is -2.21. The number of aromatic nitrogens is 3. The third-order valence-electron chi connectivity index (χ3n) is 4.61. The van der Waals surface area contributed by atoms with Crippen LogP contribution in [0.4, 0.5) is 10.2 Å². The maximum absolute atomic E-state index is 13.1. The molecule has 0 radical (unpaired) electrons. The summed E-state index contributed by atoms with van der Waals surface area (Å²) in [6.07, 6.45) is -3.07. The number of hydrogen-bond donors (Lipinski definition) is 4. The number of halogens is 1. The molecule has 136 valence electrons. The number of nitrogens with zero attached hydrogens (tertiary/aromatic N) is 3. The van der Waals surface area contributed by atoms with Crippen molar-refractivity contribution >= 4 is 16.9 Å². The summed E-state index contributed by atoms with van der Waals surface area (Å²) in [5, 5.41) is 31.9. The number of fused-ring (bicyclic) bond motifs is 1. The molecule has 0 spiro atoms. The van der Waals surface area contributed by atoms with Gasteiger partial charge >= 0.3 is 0 Å². The fraction of sp³-hybridized carbons (Fsp3) is 0.294. The molecule has 1 saturated heterocycles. The molecule has 8 nitrogen and oxygen atoms in total. The highest BCUT2D eigenvalue weighted by Gasteiger charge is 2.47. The molecule has 0 amide bonds. The normalized spacial score (nSPS) is 27.1. The summed E-state index contributed by atoms with van der Waals surface area (Å²) in [6.45, 7) is 0. The molecule has 0 unspecified atom stereocenters. The number of aliphatic hydroxyl groups excluding tert-OH is 3. The molecule has 1 aliphatic heterocycles. The third kappa shape index (κ3) is 2.61. The average Bonchev–Trinajstić information content (AvgIpc) is 3.18. The second-order valence-electron chi connectivity index (χ2n) is 6.19. The van der Waals surface area contributed by atoms with Crippen LogP contribution >= 0.6 is 0 Å². The zero-order valence-electron chi connectivity index (χ0n) is 13.5. The van der Waals surface area contributed by atoms with Crippen LogP contribution < -0.4 is 5.73 Å². The van der Waals surface area contributed by atoms with Gasteiger partial charge in [0, 0.05) is 6.20 Å². The van der Waals surface area contributed by atoms with Gasteiger partial charge < -0.3 is 30.4 Å². The Kier molecular flexibility index (Phi) is 4.08. The summed E-state index contributed by atoms with van der Waals surface area (Å²) >= 11 is 0. The molecule has 5 N–H and O–H groups in total. The van der Waals surface area contributed by atoms with Crippen molar-refractivity contribution in [2.45, 2.75) is 30.6 Å². The summed E-state index contributed by atoms with van der Waals surface area (Å²) in [6, 6.07) is 6.88. The quantitative estimate of drug-likeness (QED) is 0.536. The predicted octanol–water partition coefficient (Wildman–Crippen LogP) is 0.505. The minimum atomic E-state index is -1.35. The molecule has 0 bridgehead atoms. The minimum Gasteiger partial charge on any atom is -0.387 e. The van der Waals surface area contributed by atoms with Gasteiger partial charge in [-0.2, -0.15) is 0 Å². The van der Waals surface area contributed by atoms with Gasteiger partial charge in [0.25, 0.3) is 0 Å². The van der Waals surface area contributed by atoms with Gasteiger partial charge in [0.05, 0.1) is 5.39 Å². The van der Waals surface area contributed by atoms with Crippen LogP contribution in [-0.2, 0) is 4.74 Å². The van der Waals surface area contributed by atoms with Crippen LogP contribution in [0.15, 0.2) is 42.9 Å². The van der Waals surface area contributed by atoms with Crippen molar-refractivity contribution in [3.8, 4) is 0 Å². The Morgan fingerprint density at radius 3 is 2.58 bits per heavy atom. The summed E-state index contributed by atoms with van der Waals surface area (Å²) in [5.74, 6) is -0.160. The Balaban J connectivity index is 1.65. The molecule has 1 aliphatic rings. The Morgan fingerprint density at radius 1 is 1.12 bits per heavy atom. The van der Waals surface area contributed by atoms with E-state index in [-0.39, 0.29) is 5.82 Å². The van der Waals surface area contributed by atoms with E-state index in [1.807, 2.05) is 0 Å². The first-order valence-corrected chi connectivity index (χ1v) is 7.99. The van der Waals surface area contributed by atoms with Gasteiger partial charge in [0.2, 0.25) is 0 Å². The Labute approximate surface area is 147 Å². The van der Waals surface area contributed by atoms with Gasteiger partial charge in [-0.1, -0.05) is 12.1 Å². The zero-order chi connectivity index (χ0) is 18.4. The zero-order valence-corrected chi connectivity index (χ0v) is 13.5. The molecule has 2 aromatic heterocycles. The van der Waals surface area contributed by atoms with Gasteiger partial charge in [-0.05, 0) is 23.8 Å². The second-order valence-corrected chi connectivity index (χ2v) is 6.19. The highest BCUT2D eigenvalue weighted by molar-refractivity contribution is 5.86. The van der Waals surface area contributed by atoms with Crippen LogP contribution in [-0.4, -0.2) is 48.2 Å². The van der Waals surface area contributed by atoms with E-state index in [1.165, 1.54) is 35.2 Å². The molecular formula is C17H17FN4O4. The molecule has 1 fully saturated rings. The lowest BCUT2D eigenvalue weighted by Crippen LogP contribution is -2.34. The number of hydrogen-bond acceptors (Lipinski definition) is 7. The van der Waals surface area contributed by atoms with E-state index in [1.54, 1.807) is 12.3 Å². The molecule has 4 rings (SSSR count). The van der Waals surface area contributed by atoms with E-state index in [9.17, 15) is 19.7 Å². The molecule has 9 heteroatoms. The summed E-state index contributed by atoms with van der Waals surface area (Å²) < 4.78 is 20.3. The van der Waals surface area contributed by atoms with Crippen LogP contribution in [0.25, 0.3) is 11.0 Å². The number of anilines is 1. The molecule has 1 aromatic carbocycles. The first kappa shape index (κ1) is 16.9. The highest BCUT2D eigenvalue weighted by atomic mass is 19.1. The van der Waals surface area contributed by atoms with E-state index >= 15 is 0 Å². The topological polar surface area (TPSA) is 127 Å². The van der Waals surface area contributed by atoms with Crippen molar-refractivity contribution in [2.75, 3.05) is 5.73 Å². The average molecular weight is 360 g/mol. The van der Waals surface area contributed by atoms with Crippen LogP contribution in [0.1, 0.15) is 17.9 Å². The van der Waals surface area contributed by atoms with Crippen LogP contribution in [0.3, 0.4) is 0 Å². The van der Waals surface area contributed by atoms with E-state index in [0.717, 1.165) is 0 Å². The first-order chi connectivity index (χ1) is 12.5. The smallest absolute Gasteiger partial charge is 0.164 e. The van der Waals surface area contributed by atoms with Crippen molar-refractivity contribution in [1.29, 1.82) is 0 Å². The minimum absolute atomic E-state index is 0.282. The number of aliphatic hydroxyl groups is 3. The van der Waals surface area contributed by atoms with Crippen molar-refractivity contribution < 1.29 is 24.4 Å². The summed E-state index contributed by atoms with van der Waals surface area (Å²) in [7, 11) is 0. The fourth-order valence-corrected chi connectivity index (χ4v) is 3.22. The summed E-state index contributed by atoms with van der Waals surface area (Å²) in [5.41, 5.74) is 6.61. The molecular weight excluding hydrogens is 343 g/mol. The lowest BCUT2D eigenvalue weighted by atomic mass is 9.99. The van der Waals surface area contributed by atoms with Gasteiger partial charge in [0.15, 0.2) is 6.23 Å². The van der Waals surface area contributed by atoms with E-state index in [2.05, 4.69) is 9.97 Å². The summed E-state index contributed by atoms with van der Waals surface area (Å²) in [4.78, 5) is 8.04. The Hall–Kier alpha value is -2.59. The van der Waals surface area contributed by atoms with Gasteiger partial charge in [0.1, 0.15) is 48.0 Å². The lowest BCUT2D eigenvalue weighted by molar-refractivity contribution is -0.0848. The van der Waals surface area contributed by atoms with Gasteiger partial charge in [-0.15, -0.1) is 0 Å². The monoisotopic (exact) mass is 360 g/mol. The third-order valence-corrected chi connectivity index (χ3v) is 4.61. The largest absolute Gasteiger partial charge is 0.387 e. The van der Waals surface area contributed by atoms with E-state index in [0.29, 0.717) is 16.6 Å². The maximum Gasteiger partial charge on any atom is 0.164 e. The number of nitrogens with two attached hydrogens (primary N) is 1. The van der Waals surface area contributed by atoms with Crippen molar-refractivity contribution in [3.63, 3.8) is 0 Å². The number of ether oxygens (including phenoxy) is 1. The molecule has 5 atom stereocenters. The van der Waals surface area contributed by atoms with E-state index in [4.69, 9.17) is 10.5 Å². The van der Waals surface area contributed by atoms with E-state index < -0.39 is 36.5 Å². The van der Waals surface area contributed by atoms with Crippen molar-refractivity contribution in [3.05, 3.63) is 54.2 Å². The Morgan fingerprint density at radius 2 is 1.85 bits per heavy atom. The fourth-order valence-electron chi connectivity index (χ4n) is 3.22. The van der Waals surface area contributed by atoms with Crippen LogP contribution in [0.5, 0.6) is 0 Å². The number of rotatable bonds is 3. The molecule has 26 heavy (non-hydrogen) atoms. The molecule has 3 aromatic rings. The van der Waals surface area contributed by atoms with Gasteiger partial charge in [-0.3, -0.25) is 0 Å². The molecule has 0 aliphatic carbocycles. The molecule has 3 heterocycles. The number of nitrogen functional groups attached to an aromatic ring is 1. The highest BCUT2D eigenvalue weighted by Crippen LogP contribution is 2.37. The predicted molar refractivity (Wildman–Crippen MR) is 89.2 cm³/mol. The Bertz CT molecular complexity index is 932. The SMILES string of the molecule is Nc1ncnc2c1ccn2[C@@H]1O[C@H]([C@H](O)c2ccc(F)cc2)[C@@H](O)[C@H]1O.